The molecule has 116 valence electrons. The van der Waals surface area contributed by atoms with Gasteiger partial charge in [-0.1, -0.05) is 19.1 Å². The molecule has 0 aliphatic rings. The molecule has 1 aromatic carbocycles. The lowest BCUT2D eigenvalue weighted by Gasteiger charge is -2.20. The molecule has 1 aromatic heterocycles. The molecular formula is C18H21NO3. The molecule has 0 radical (unpaired) electrons. The quantitative estimate of drug-likeness (QED) is 0.934. The summed E-state index contributed by atoms with van der Waals surface area (Å²) in [6, 6.07) is 9.07. The summed E-state index contributed by atoms with van der Waals surface area (Å²) in [4.78, 5) is 23.8. The second kappa shape index (κ2) is 6.18. The number of carboxylic acid groups (broad SMARTS) is 1. The summed E-state index contributed by atoms with van der Waals surface area (Å²) in [5.74, 6) is -1.19. The van der Waals surface area contributed by atoms with E-state index >= 15 is 0 Å². The monoisotopic (exact) mass is 299 g/mol. The summed E-state index contributed by atoms with van der Waals surface area (Å²) < 4.78 is 1.59. The van der Waals surface area contributed by atoms with E-state index in [9.17, 15) is 14.7 Å². The van der Waals surface area contributed by atoms with Crippen molar-refractivity contribution in [2.24, 2.45) is 0 Å². The number of carboxylic acids is 1. The Hall–Kier alpha value is -2.36. The van der Waals surface area contributed by atoms with Crippen LogP contribution in [0.25, 0.3) is 11.3 Å². The number of pyridine rings is 1. The van der Waals surface area contributed by atoms with Gasteiger partial charge in [0, 0.05) is 6.04 Å². The van der Waals surface area contributed by atoms with Gasteiger partial charge in [0.25, 0.3) is 5.56 Å². The third-order valence-corrected chi connectivity index (χ3v) is 4.18. The number of benzene rings is 1. The molecule has 4 heteroatoms. The van der Waals surface area contributed by atoms with Crippen molar-refractivity contribution in [2.75, 3.05) is 0 Å². The van der Waals surface area contributed by atoms with Crippen molar-refractivity contribution in [3.05, 3.63) is 57.4 Å². The Morgan fingerprint density at radius 3 is 2.41 bits per heavy atom. The molecule has 0 spiro atoms. The molecule has 2 aromatic rings. The maximum atomic E-state index is 12.5. The third kappa shape index (κ3) is 2.82. The van der Waals surface area contributed by atoms with Crippen LogP contribution in [0.1, 0.15) is 47.8 Å². The Balaban J connectivity index is 2.75. The van der Waals surface area contributed by atoms with E-state index in [1.54, 1.807) is 10.6 Å². The molecule has 1 atom stereocenters. The van der Waals surface area contributed by atoms with Crippen molar-refractivity contribution < 1.29 is 9.90 Å². The molecule has 22 heavy (non-hydrogen) atoms. The highest BCUT2D eigenvalue weighted by atomic mass is 16.4. The van der Waals surface area contributed by atoms with Crippen LogP contribution in [0, 0.1) is 13.8 Å². The first-order chi connectivity index (χ1) is 10.4. The molecule has 0 fully saturated rings. The molecule has 0 saturated carbocycles. The van der Waals surface area contributed by atoms with E-state index in [4.69, 9.17) is 0 Å². The smallest absolute Gasteiger partial charge is 0.341 e. The van der Waals surface area contributed by atoms with Gasteiger partial charge in [-0.05, 0) is 62.1 Å². The minimum absolute atomic E-state index is 0.0663. The molecule has 0 bridgehead atoms. The van der Waals surface area contributed by atoms with Gasteiger partial charge in [-0.15, -0.1) is 0 Å². The number of nitrogens with zero attached hydrogens (tertiary/aromatic N) is 1. The van der Waals surface area contributed by atoms with Crippen molar-refractivity contribution in [1.29, 1.82) is 0 Å². The zero-order valence-electron chi connectivity index (χ0n) is 13.4. The maximum absolute atomic E-state index is 12.5. The van der Waals surface area contributed by atoms with Crippen molar-refractivity contribution in [2.45, 2.75) is 40.2 Å². The molecule has 1 N–H and O–H groups in total. The number of hydrogen-bond donors (Lipinski definition) is 1. The molecule has 1 heterocycles. The minimum atomic E-state index is -1.19. The topological polar surface area (TPSA) is 59.3 Å². The molecule has 4 nitrogen and oxygen atoms in total. The standard InChI is InChI=1S/C18H21NO3/c1-5-13(4)19-16(9-8-15(17(19)20)18(21)22)14-7-6-11(2)12(3)10-14/h6-10,13H,5H2,1-4H3,(H,21,22). The van der Waals surface area contributed by atoms with Crippen LogP contribution in [0.5, 0.6) is 0 Å². The van der Waals surface area contributed by atoms with E-state index < -0.39 is 11.5 Å². The summed E-state index contributed by atoms with van der Waals surface area (Å²) in [5, 5.41) is 9.17. The summed E-state index contributed by atoms with van der Waals surface area (Å²) in [5.41, 5.74) is 3.38. The lowest BCUT2D eigenvalue weighted by atomic mass is 10.0. The molecule has 0 aliphatic carbocycles. The fourth-order valence-electron chi connectivity index (χ4n) is 2.47. The lowest BCUT2D eigenvalue weighted by molar-refractivity contribution is 0.0694. The van der Waals surface area contributed by atoms with Crippen molar-refractivity contribution in [1.82, 2.24) is 4.57 Å². The molecule has 2 rings (SSSR count). The molecule has 0 saturated heterocycles. The molecule has 1 unspecified atom stereocenters. The van der Waals surface area contributed by atoms with Gasteiger partial charge >= 0.3 is 5.97 Å². The van der Waals surface area contributed by atoms with E-state index in [0.717, 1.165) is 23.2 Å². The van der Waals surface area contributed by atoms with Crippen LogP contribution in [0.4, 0.5) is 0 Å². The predicted octanol–water partition coefficient (Wildman–Crippen LogP) is 3.80. The first-order valence-electron chi connectivity index (χ1n) is 7.43. The fraction of sp³-hybridized carbons (Fsp3) is 0.333. The van der Waals surface area contributed by atoms with Crippen LogP contribution < -0.4 is 5.56 Å². The van der Waals surface area contributed by atoms with E-state index in [1.165, 1.54) is 11.6 Å². The molecule has 0 aliphatic heterocycles. The zero-order valence-corrected chi connectivity index (χ0v) is 13.4. The zero-order chi connectivity index (χ0) is 16.4. The van der Waals surface area contributed by atoms with Crippen LogP contribution in [0.3, 0.4) is 0 Å². The number of hydrogen-bond acceptors (Lipinski definition) is 2. The van der Waals surface area contributed by atoms with Gasteiger partial charge in [0.15, 0.2) is 0 Å². The van der Waals surface area contributed by atoms with Crippen LogP contribution in [0.2, 0.25) is 0 Å². The van der Waals surface area contributed by atoms with Gasteiger partial charge in [-0.25, -0.2) is 4.79 Å². The Morgan fingerprint density at radius 1 is 1.18 bits per heavy atom. The Bertz CT molecular complexity index is 774. The summed E-state index contributed by atoms with van der Waals surface area (Å²) >= 11 is 0. The van der Waals surface area contributed by atoms with Crippen molar-refractivity contribution in [3.63, 3.8) is 0 Å². The number of carbonyl (C=O) groups is 1. The van der Waals surface area contributed by atoms with Gasteiger partial charge in [-0.3, -0.25) is 4.79 Å². The van der Waals surface area contributed by atoms with Crippen LogP contribution in [-0.2, 0) is 0 Å². The number of aromatic nitrogens is 1. The third-order valence-electron chi connectivity index (χ3n) is 4.18. The first-order valence-corrected chi connectivity index (χ1v) is 7.43. The second-order valence-corrected chi connectivity index (χ2v) is 5.67. The summed E-state index contributed by atoms with van der Waals surface area (Å²) in [6.07, 6.45) is 0.751. The molecular weight excluding hydrogens is 278 g/mol. The highest BCUT2D eigenvalue weighted by Crippen LogP contribution is 2.25. The minimum Gasteiger partial charge on any atom is -0.477 e. The van der Waals surface area contributed by atoms with E-state index in [-0.39, 0.29) is 11.6 Å². The van der Waals surface area contributed by atoms with Gasteiger partial charge in [0.1, 0.15) is 5.56 Å². The normalized spacial score (nSPS) is 12.2. The Labute approximate surface area is 130 Å². The first kappa shape index (κ1) is 16.0. The van der Waals surface area contributed by atoms with Crippen molar-refractivity contribution >= 4 is 5.97 Å². The van der Waals surface area contributed by atoms with E-state index in [2.05, 4.69) is 0 Å². The maximum Gasteiger partial charge on any atom is 0.341 e. The number of aryl methyl sites for hydroxylation is 2. The van der Waals surface area contributed by atoms with Gasteiger partial charge < -0.3 is 9.67 Å². The lowest BCUT2D eigenvalue weighted by Crippen LogP contribution is -2.29. The van der Waals surface area contributed by atoms with E-state index in [0.29, 0.717) is 0 Å². The van der Waals surface area contributed by atoms with Gasteiger partial charge in [0.2, 0.25) is 0 Å². The van der Waals surface area contributed by atoms with Crippen molar-refractivity contribution in [3.8, 4) is 11.3 Å². The van der Waals surface area contributed by atoms with Crippen LogP contribution >= 0.6 is 0 Å². The molecule has 0 amide bonds. The SMILES string of the molecule is CCC(C)n1c(-c2ccc(C)c(C)c2)ccc(C(=O)O)c1=O. The Morgan fingerprint density at radius 2 is 1.86 bits per heavy atom. The number of rotatable bonds is 4. The average molecular weight is 299 g/mol. The highest BCUT2D eigenvalue weighted by molar-refractivity contribution is 5.87. The fourth-order valence-corrected chi connectivity index (χ4v) is 2.47. The summed E-state index contributed by atoms with van der Waals surface area (Å²) in [7, 11) is 0. The van der Waals surface area contributed by atoms with Gasteiger partial charge in [0.05, 0.1) is 5.69 Å². The van der Waals surface area contributed by atoms with Crippen LogP contribution in [-0.4, -0.2) is 15.6 Å². The predicted molar refractivity (Wildman–Crippen MR) is 87.6 cm³/mol. The largest absolute Gasteiger partial charge is 0.477 e. The summed E-state index contributed by atoms with van der Waals surface area (Å²) in [6.45, 7) is 7.97. The second-order valence-electron chi connectivity index (χ2n) is 5.67. The average Bonchev–Trinajstić information content (AvgIpc) is 2.48. The van der Waals surface area contributed by atoms with Gasteiger partial charge in [-0.2, -0.15) is 0 Å². The van der Waals surface area contributed by atoms with E-state index in [1.807, 2.05) is 45.9 Å². The highest BCUT2D eigenvalue weighted by Gasteiger charge is 2.18. The number of aromatic carboxylic acids is 1. The van der Waals surface area contributed by atoms with Crippen LogP contribution in [0.15, 0.2) is 35.1 Å². The Kier molecular flexibility index (Phi) is 4.50.